The van der Waals surface area contributed by atoms with Crippen molar-refractivity contribution in [2.45, 2.75) is 0 Å². The minimum Gasteiger partial charge on any atom is -0.313 e. The van der Waals surface area contributed by atoms with Gasteiger partial charge in [0.25, 0.3) is 5.91 Å². The van der Waals surface area contributed by atoms with E-state index in [9.17, 15) is 9.59 Å². The average molecular weight is 426 g/mol. The van der Waals surface area contributed by atoms with Crippen molar-refractivity contribution >= 4 is 55.5 Å². The molecule has 1 N–H and O–H groups in total. The number of nitrogens with one attached hydrogen (secondary N) is 1. The van der Waals surface area contributed by atoms with Gasteiger partial charge in [0.15, 0.2) is 5.43 Å². The van der Waals surface area contributed by atoms with Crippen molar-refractivity contribution in [3.8, 4) is 11.1 Å². The minimum absolute atomic E-state index is 0.172. The number of benzene rings is 3. The quantitative estimate of drug-likeness (QED) is 0.407. The fourth-order valence-electron chi connectivity index (χ4n) is 2.92. The smallest absolute Gasteiger partial charge is 0.256 e. The SMILES string of the molecule is O=C(Nc1sc2ccccc2c(=O)c1-c1ccccc1Cl)c1ccc(Cl)cc1. The number of hydrogen-bond donors (Lipinski definition) is 1. The standard InChI is InChI=1S/C22H13Cl2NO2S/c23-14-11-9-13(10-12-14)21(27)25-22-19(15-5-1-3-7-17(15)24)20(26)16-6-2-4-8-18(16)28-22/h1-12H,(H,25,27). The zero-order valence-corrected chi connectivity index (χ0v) is 16.7. The molecule has 0 aliphatic rings. The first kappa shape index (κ1) is 18.7. The number of carbonyl (C=O) groups excluding carboxylic acids is 1. The van der Waals surface area contributed by atoms with Crippen LogP contribution in [-0.4, -0.2) is 5.91 Å². The predicted molar refractivity (Wildman–Crippen MR) is 118 cm³/mol. The van der Waals surface area contributed by atoms with Gasteiger partial charge < -0.3 is 5.32 Å². The van der Waals surface area contributed by atoms with Gasteiger partial charge in [-0.1, -0.05) is 53.5 Å². The second-order valence-electron chi connectivity index (χ2n) is 6.07. The Kier molecular flexibility index (Phi) is 5.18. The number of amides is 1. The lowest BCUT2D eigenvalue weighted by atomic mass is 10.1. The highest BCUT2D eigenvalue weighted by molar-refractivity contribution is 7.22. The van der Waals surface area contributed by atoms with Crippen LogP contribution in [0.5, 0.6) is 0 Å². The van der Waals surface area contributed by atoms with E-state index in [0.29, 0.717) is 37.1 Å². The first-order chi connectivity index (χ1) is 13.5. The summed E-state index contributed by atoms with van der Waals surface area (Å²) in [6.07, 6.45) is 0. The van der Waals surface area contributed by atoms with Crippen LogP contribution in [0.15, 0.2) is 77.6 Å². The van der Waals surface area contributed by atoms with Crippen molar-refractivity contribution in [2.75, 3.05) is 5.32 Å². The van der Waals surface area contributed by atoms with Gasteiger partial charge in [0.2, 0.25) is 0 Å². The molecule has 0 atom stereocenters. The summed E-state index contributed by atoms with van der Waals surface area (Å²) in [6.45, 7) is 0. The van der Waals surface area contributed by atoms with Crippen LogP contribution in [0.3, 0.4) is 0 Å². The predicted octanol–water partition coefficient (Wildman–Crippen LogP) is 6.49. The van der Waals surface area contributed by atoms with Crippen LogP contribution in [0.2, 0.25) is 10.0 Å². The Morgan fingerprint density at radius 1 is 0.857 bits per heavy atom. The van der Waals surface area contributed by atoms with E-state index in [1.54, 1.807) is 48.5 Å². The Bertz CT molecular complexity index is 1250. The number of anilines is 1. The summed E-state index contributed by atoms with van der Waals surface area (Å²) in [5.41, 5.74) is 1.25. The number of carbonyl (C=O) groups is 1. The molecule has 0 saturated carbocycles. The molecule has 3 nitrogen and oxygen atoms in total. The van der Waals surface area contributed by atoms with Gasteiger partial charge in [-0.25, -0.2) is 0 Å². The summed E-state index contributed by atoms with van der Waals surface area (Å²) in [5, 5.41) is 4.92. The van der Waals surface area contributed by atoms with Gasteiger partial charge >= 0.3 is 0 Å². The third-order valence-electron chi connectivity index (χ3n) is 4.27. The highest BCUT2D eigenvalue weighted by atomic mass is 35.5. The molecule has 0 radical (unpaired) electrons. The fraction of sp³-hybridized carbons (Fsp3) is 0. The first-order valence-corrected chi connectivity index (χ1v) is 9.99. The molecule has 6 heteroatoms. The van der Waals surface area contributed by atoms with Crippen molar-refractivity contribution in [1.29, 1.82) is 0 Å². The third kappa shape index (κ3) is 3.54. The van der Waals surface area contributed by atoms with Crippen molar-refractivity contribution in [1.82, 2.24) is 0 Å². The molecule has 0 aliphatic carbocycles. The van der Waals surface area contributed by atoms with Crippen LogP contribution in [0, 0.1) is 0 Å². The van der Waals surface area contributed by atoms with E-state index in [-0.39, 0.29) is 11.3 Å². The summed E-state index contributed by atoms with van der Waals surface area (Å²) in [7, 11) is 0. The normalized spacial score (nSPS) is 10.8. The monoisotopic (exact) mass is 425 g/mol. The zero-order valence-electron chi connectivity index (χ0n) is 14.4. The second-order valence-corrected chi connectivity index (χ2v) is 7.97. The molecule has 0 unspecified atom stereocenters. The maximum Gasteiger partial charge on any atom is 0.256 e. The van der Waals surface area contributed by atoms with Gasteiger partial charge in [-0.3, -0.25) is 9.59 Å². The molecule has 28 heavy (non-hydrogen) atoms. The topological polar surface area (TPSA) is 46.2 Å². The number of fused-ring (bicyclic) bond motifs is 1. The summed E-state index contributed by atoms with van der Waals surface area (Å²) >= 11 is 13.6. The Morgan fingerprint density at radius 2 is 1.54 bits per heavy atom. The molecular weight excluding hydrogens is 413 g/mol. The van der Waals surface area contributed by atoms with E-state index >= 15 is 0 Å². The summed E-state index contributed by atoms with van der Waals surface area (Å²) in [5.74, 6) is -0.323. The maximum atomic E-state index is 13.2. The molecule has 4 rings (SSSR count). The van der Waals surface area contributed by atoms with Gasteiger partial charge in [-0.15, -0.1) is 11.3 Å². The molecule has 0 fully saturated rings. The van der Waals surface area contributed by atoms with E-state index in [1.165, 1.54) is 11.3 Å². The molecule has 0 spiro atoms. The number of rotatable bonds is 3. The van der Waals surface area contributed by atoms with Gasteiger partial charge in [0, 0.05) is 31.3 Å². The Hall–Kier alpha value is -2.66. The molecule has 138 valence electrons. The van der Waals surface area contributed by atoms with Crippen LogP contribution in [0.4, 0.5) is 5.00 Å². The van der Waals surface area contributed by atoms with Gasteiger partial charge in [0.05, 0.1) is 5.56 Å². The first-order valence-electron chi connectivity index (χ1n) is 8.42. The highest BCUT2D eigenvalue weighted by Gasteiger charge is 2.19. The molecular formula is C22H13Cl2NO2S. The Labute approximate surface area is 175 Å². The van der Waals surface area contributed by atoms with Crippen LogP contribution in [0.25, 0.3) is 21.2 Å². The maximum absolute atomic E-state index is 13.2. The summed E-state index contributed by atoms with van der Waals surface area (Å²) < 4.78 is 0.787. The van der Waals surface area contributed by atoms with Crippen LogP contribution >= 0.6 is 34.5 Å². The largest absolute Gasteiger partial charge is 0.313 e. The van der Waals surface area contributed by atoms with Gasteiger partial charge in [-0.2, -0.15) is 0 Å². The minimum atomic E-state index is -0.323. The Balaban J connectivity index is 1.90. The number of hydrogen-bond acceptors (Lipinski definition) is 3. The molecule has 3 aromatic carbocycles. The molecule has 0 saturated heterocycles. The Morgan fingerprint density at radius 3 is 2.29 bits per heavy atom. The van der Waals surface area contributed by atoms with Crippen LogP contribution in [0.1, 0.15) is 10.4 Å². The third-order valence-corrected chi connectivity index (χ3v) is 5.94. The number of halogens is 2. The molecule has 0 aliphatic heterocycles. The lowest BCUT2D eigenvalue weighted by Crippen LogP contribution is -2.15. The fourth-order valence-corrected chi connectivity index (χ4v) is 4.36. The highest BCUT2D eigenvalue weighted by Crippen LogP contribution is 2.36. The lowest BCUT2D eigenvalue weighted by Gasteiger charge is -2.13. The molecule has 1 aromatic heterocycles. The van der Waals surface area contributed by atoms with Crippen molar-refractivity contribution in [2.24, 2.45) is 0 Å². The van der Waals surface area contributed by atoms with Gasteiger partial charge in [0.1, 0.15) is 5.00 Å². The molecule has 1 heterocycles. The molecule has 0 bridgehead atoms. The molecule has 1 amide bonds. The van der Waals surface area contributed by atoms with E-state index in [2.05, 4.69) is 5.32 Å². The van der Waals surface area contributed by atoms with E-state index in [0.717, 1.165) is 4.70 Å². The zero-order chi connectivity index (χ0) is 19.7. The van der Waals surface area contributed by atoms with Crippen molar-refractivity contribution in [3.63, 3.8) is 0 Å². The summed E-state index contributed by atoms with van der Waals surface area (Å²) in [4.78, 5) is 26.0. The van der Waals surface area contributed by atoms with Crippen molar-refractivity contribution in [3.05, 3.63) is 98.6 Å². The van der Waals surface area contributed by atoms with E-state index in [1.807, 2.05) is 24.3 Å². The second kappa shape index (κ2) is 7.76. The van der Waals surface area contributed by atoms with Crippen LogP contribution in [-0.2, 0) is 0 Å². The average Bonchev–Trinajstić information content (AvgIpc) is 2.70. The lowest BCUT2D eigenvalue weighted by molar-refractivity contribution is 0.102. The van der Waals surface area contributed by atoms with Crippen LogP contribution < -0.4 is 10.7 Å². The van der Waals surface area contributed by atoms with E-state index < -0.39 is 0 Å². The summed E-state index contributed by atoms with van der Waals surface area (Å²) in [6, 6.07) is 21.0. The molecule has 4 aromatic rings. The van der Waals surface area contributed by atoms with Crippen molar-refractivity contribution < 1.29 is 4.79 Å². The van der Waals surface area contributed by atoms with Gasteiger partial charge in [-0.05, 0) is 42.5 Å². The van der Waals surface area contributed by atoms with E-state index in [4.69, 9.17) is 23.2 Å².